The molecule has 2 aliphatic rings. The SMILES string of the molecule is Cc1cccc(-n2nc(C3CCN(Cc4ccccc4)CC3)c3c2NCCCC3)c1. The summed E-state index contributed by atoms with van der Waals surface area (Å²) in [5, 5.41) is 8.92. The number of anilines is 1. The first kappa shape index (κ1) is 19.4. The van der Waals surface area contributed by atoms with Gasteiger partial charge >= 0.3 is 0 Å². The van der Waals surface area contributed by atoms with Crippen LogP contribution in [0.2, 0.25) is 0 Å². The predicted octanol–water partition coefficient (Wildman–Crippen LogP) is 5.31. The second-order valence-electron chi connectivity index (χ2n) is 8.88. The molecule has 0 spiro atoms. The van der Waals surface area contributed by atoms with Crippen molar-refractivity contribution in [1.29, 1.82) is 0 Å². The lowest BCUT2D eigenvalue weighted by atomic mass is 9.90. The van der Waals surface area contributed by atoms with Crippen LogP contribution in [0.5, 0.6) is 0 Å². The van der Waals surface area contributed by atoms with Crippen molar-refractivity contribution in [3.05, 3.63) is 77.0 Å². The third kappa shape index (κ3) is 4.01. The van der Waals surface area contributed by atoms with Crippen LogP contribution in [0.3, 0.4) is 0 Å². The van der Waals surface area contributed by atoms with Crippen LogP contribution in [0.1, 0.15) is 54.0 Å². The topological polar surface area (TPSA) is 33.1 Å². The lowest BCUT2D eigenvalue weighted by Crippen LogP contribution is -2.32. The fourth-order valence-corrected chi connectivity index (χ4v) is 5.01. The first-order chi connectivity index (χ1) is 14.8. The van der Waals surface area contributed by atoms with Crippen LogP contribution in [0, 0.1) is 6.92 Å². The van der Waals surface area contributed by atoms with Gasteiger partial charge in [0, 0.05) is 24.6 Å². The van der Waals surface area contributed by atoms with Crippen molar-refractivity contribution in [3.63, 3.8) is 0 Å². The summed E-state index contributed by atoms with van der Waals surface area (Å²) in [4.78, 5) is 2.60. The Morgan fingerprint density at radius 3 is 2.63 bits per heavy atom. The normalized spacial score (nSPS) is 17.9. The second-order valence-corrected chi connectivity index (χ2v) is 8.88. The van der Waals surface area contributed by atoms with Gasteiger partial charge in [0.25, 0.3) is 0 Å². The molecule has 1 aromatic heterocycles. The number of likely N-dealkylation sites (tertiary alicyclic amines) is 1. The van der Waals surface area contributed by atoms with Crippen molar-refractivity contribution in [2.75, 3.05) is 25.0 Å². The van der Waals surface area contributed by atoms with Gasteiger partial charge in [-0.2, -0.15) is 5.10 Å². The van der Waals surface area contributed by atoms with Crippen LogP contribution < -0.4 is 5.32 Å². The van der Waals surface area contributed by atoms with Gasteiger partial charge in [-0.15, -0.1) is 0 Å². The van der Waals surface area contributed by atoms with Crippen LogP contribution in [-0.2, 0) is 13.0 Å². The molecule has 5 rings (SSSR count). The summed E-state index contributed by atoms with van der Waals surface area (Å²) in [6.07, 6.45) is 6.03. The van der Waals surface area contributed by atoms with Crippen molar-refractivity contribution in [2.45, 2.75) is 51.5 Å². The largest absolute Gasteiger partial charge is 0.370 e. The Kier molecular flexibility index (Phi) is 5.58. The van der Waals surface area contributed by atoms with Crippen LogP contribution in [0.4, 0.5) is 5.82 Å². The van der Waals surface area contributed by atoms with Gasteiger partial charge in [-0.3, -0.25) is 4.90 Å². The van der Waals surface area contributed by atoms with E-state index in [1.54, 1.807) is 0 Å². The standard InChI is InChI=1S/C26H32N4/c1-20-8-7-11-23(18-20)30-26-24(12-5-6-15-27-26)25(28-30)22-13-16-29(17-14-22)19-21-9-3-2-4-10-21/h2-4,7-11,18,22,27H,5-6,12-17,19H2,1H3. The Labute approximate surface area is 179 Å². The smallest absolute Gasteiger partial charge is 0.133 e. The second kappa shape index (κ2) is 8.65. The average Bonchev–Trinajstić information content (AvgIpc) is 2.96. The van der Waals surface area contributed by atoms with Crippen molar-refractivity contribution in [1.82, 2.24) is 14.7 Å². The summed E-state index contributed by atoms with van der Waals surface area (Å²) in [6.45, 7) is 6.56. The van der Waals surface area contributed by atoms with Crippen LogP contribution in [0.25, 0.3) is 5.69 Å². The van der Waals surface area contributed by atoms with Crippen molar-refractivity contribution in [3.8, 4) is 5.69 Å². The molecule has 4 heteroatoms. The van der Waals surface area contributed by atoms with Crippen LogP contribution in [-0.4, -0.2) is 34.3 Å². The van der Waals surface area contributed by atoms with Gasteiger partial charge in [-0.1, -0.05) is 42.5 Å². The summed E-state index contributed by atoms with van der Waals surface area (Å²) < 4.78 is 2.18. The van der Waals surface area contributed by atoms with Gasteiger partial charge in [0.2, 0.25) is 0 Å². The van der Waals surface area contributed by atoms with Gasteiger partial charge in [-0.05, 0) is 75.4 Å². The molecule has 0 saturated carbocycles. The van der Waals surface area contributed by atoms with E-state index in [0.29, 0.717) is 5.92 Å². The number of nitrogens with one attached hydrogen (secondary N) is 1. The van der Waals surface area contributed by atoms with Crippen molar-refractivity contribution < 1.29 is 0 Å². The van der Waals surface area contributed by atoms with E-state index in [9.17, 15) is 0 Å². The fourth-order valence-electron chi connectivity index (χ4n) is 5.01. The van der Waals surface area contributed by atoms with E-state index in [1.165, 1.54) is 59.6 Å². The summed E-state index contributed by atoms with van der Waals surface area (Å²) in [5.74, 6) is 1.80. The van der Waals surface area contributed by atoms with Gasteiger partial charge in [-0.25, -0.2) is 4.68 Å². The molecule has 30 heavy (non-hydrogen) atoms. The molecule has 1 saturated heterocycles. The maximum atomic E-state index is 5.21. The highest BCUT2D eigenvalue weighted by atomic mass is 15.3. The lowest BCUT2D eigenvalue weighted by molar-refractivity contribution is 0.203. The molecule has 0 radical (unpaired) electrons. The van der Waals surface area contributed by atoms with Crippen LogP contribution in [0.15, 0.2) is 54.6 Å². The van der Waals surface area contributed by atoms with Gasteiger partial charge < -0.3 is 5.32 Å². The molecule has 3 heterocycles. The molecule has 0 atom stereocenters. The summed E-state index contributed by atoms with van der Waals surface area (Å²) >= 11 is 0. The number of hydrogen-bond acceptors (Lipinski definition) is 3. The number of aryl methyl sites for hydroxylation is 1. The first-order valence-electron chi connectivity index (χ1n) is 11.5. The molecule has 0 aliphatic carbocycles. The van der Waals surface area contributed by atoms with E-state index in [1.807, 2.05) is 0 Å². The van der Waals surface area contributed by atoms with E-state index in [4.69, 9.17) is 5.10 Å². The van der Waals surface area contributed by atoms with E-state index in [-0.39, 0.29) is 0 Å². The molecular weight excluding hydrogens is 368 g/mol. The number of benzene rings is 2. The Morgan fingerprint density at radius 1 is 1.00 bits per heavy atom. The average molecular weight is 401 g/mol. The molecule has 2 aromatic carbocycles. The molecule has 3 aromatic rings. The molecule has 4 nitrogen and oxygen atoms in total. The first-order valence-corrected chi connectivity index (χ1v) is 11.5. The highest BCUT2D eigenvalue weighted by Crippen LogP contribution is 2.36. The highest BCUT2D eigenvalue weighted by Gasteiger charge is 2.29. The molecule has 156 valence electrons. The Hall–Kier alpha value is -2.59. The maximum absolute atomic E-state index is 5.21. The Bertz CT molecular complexity index is 984. The molecule has 1 N–H and O–H groups in total. The van der Waals surface area contributed by atoms with Crippen molar-refractivity contribution >= 4 is 5.82 Å². The molecule has 0 unspecified atom stereocenters. The fraction of sp³-hybridized carbons (Fsp3) is 0.423. The molecule has 0 amide bonds. The number of fused-ring (bicyclic) bond motifs is 1. The number of nitrogens with zero attached hydrogens (tertiary/aromatic N) is 3. The quantitative estimate of drug-likeness (QED) is 0.644. The maximum Gasteiger partial charge on any atom is 0.133 e. The van der Waals surface area contributed by atoms with E-state index in [0.717, 1.165) is 32.6 Å². The van der Waals surface area contributed by atoms with Crippen LogP contribution >= 0.6 is 0 Å². The zero-order valence-electron chi connectivity index (χ0n) is 18.0. The van der Waals surface area contributed by atoms with E-state index in [2.05, 4.69) is 76.4 Å². The number of piperidine rings is 1. The number of hydrogen-bond donors (Lipinski definition) is 1. The zero-order valence-corrected chi connectivity index (χ0v) is 18.0. The lowest BCUT2D eigenvalue weighted by Gasteiger charge is -2.31. The minimum absolute atomic E-state index is 0.566. The van der Waals surface area contributed by atoms with Crippen molar-refractivity contribution in [2.24, 2.45) is 0 Å². The van der Waals surface area contributed by atoms with Gasteiger partial charge in [0.15, 0.2) is 0 Å². The molecular formula is C26H32N4. The van der Waals surface area contributed by atoms with Gasteiger partial charge in [0.05, 0.1) is 11.4 Å². The zero-order chi connectivity index (χ0) is 20.3. The summed E-state index contributed by atoms with van der Waals surface area (Å²) in [7, 11) is 0. The third-order valence-electron chi connectivity index (χ3n) is 6.63. The monoisotopic (exact) mass is 400 g/mol. The van der Waals surface area contributed by atoms with E-state index < -0.39 is 0 Å². The summed E-state index contributed by atoms with van der Waals surface area (Å²) in [6, 6.07) is 19.6. The minimum Gasteiger partial charge on any atom is -0.370 e. The molecule has 2 aliphatic heterocycles. The highest BCUT2D eigenvalue weighted by molar-refractivity contribution is 5.55. The minimum atomic E-state index is 0.566. The molecule has 1 fully saturated rings. The number of rotatable bonds is 4. The Balaban J connectivity index is 1.38. The number of aromatic nitrogens is 2. The summed E-state index contributed by atoms with van der Waals surface area (Å²) in [5.41, 5.74) is 6.68. The van der Waals surface area contributed by atoms with Gasteiger partial charge in [0.1, 0.15) is 5.82 Å². The Morgan fingerprint density at radius 2 is 1.83 bits per heavy atom. The predicted molar refractivity (Wildman–Crippen MR) is 123 cm³/mol. The molecule has 0 bridgehead atoms. The van der Waals surface area contributed by atoms with E-state index >= 15 is 0 Å². The third-order valence-corrected chi connectivity index (χ3v) is 6.63.